The minimum Gasteiger partial charge on any atom is -0.297 e. The maximum absolute atomic E-state index is 4.57. The molecule has 0 spiro atoms. The summed E-state index contributed by atoms with van der Waals surface area (Å²) in [6, 6.07) is 1.92. The molecule has 0 aromatic carbocycles. The smallest absolute Gasteiger partial charge is 0.234 e. The number of hydrogen-bond donors (Lipinski definition) is 0. The van der Waals surface area contributed by atoms with Gasteiger partial charge in [0.25, 0.3) is 0 Å². The second-order valence-electron chi connectivity index (χ2n) is 4.48. The zero-order valence-corrected chi connectivity index (χ0v) is 11.2. The lowest BCUT2D eigenvalue weighted by Crippen LogP contribution is -2.29. The third-order valence-corrected chi connectivity index (χ3v) is 4.07. The highest BCUT2D eigenvalue weighted by molar-refractivity contribution is 9.10. The molecule has 0 bridgehead atoms. The first-order valence-electron chi connectivity index (χ1n) is 6.04. The highest BCUT2D eigenvalue weighted by Gasteiger charge is 2.15. The van der Waals surface area contributed by atoms with Crippen molar-refractivity contribution >= 4 is 21.7 Å². The number of likely N-dealkylation sites (tertiary alicyclic amines) is 1. The Morgan fingerprint density at radius 1 is 1.24 bits per heavy atom. The van der Waals surface area contributed by atoms with E-state index in [4.69, 9.17) is 0 Å². The van der Waals surface area contributed by atoms with E-state index in [0.717, 1.165) is 22.6 Å². The van der Waals surface area contributed by atoms with Crippen LogP contribution in [0.25, 0.3) is 5.78 Å². The Kier molecular flexibility index (Phi) is 3.11. The van der Waals surface area contributed by atoms with Gasteiger partial charge in [-0.25, -0.2) is 9.97 Å². The van der Waals surface area contributed by atoms with Crippen LogP contribution >= 0.6 is 15.9 Å². The van der Waals surface area contributed by atoms with Crippen molar-refractivity contribution in [2.75, 3.05) is 13.1 Å². The van der Waals surface area contributed by atoms with E-state index in [1.807, 2.05) is 16.7 Å². The summed E-state index contributed by atoms with van der Waals surface area (Å²) in [6.07, 6.45) is 7.75. The van der Waals surface area contributed by atoms with Crippen molar-refractivity contribution in [2.24, 2.45) is 0 Å². The Bertz CT molecular complexity index is 516. The summed E-state index contributed by atoms with van der Waals surface area (Å²) in [5.41, 5.74) is 1.09. The van der Waals surface area contributed by atoms with Crippen LogP contribution in [0.5, 0.6) is 0 Å². The predicted molar refractivity (Wildman–Crippen MR) is 69.8 cm³/mol. The molecule has 5 heteroatoms. The first-order chi connectivity index (χ1) is 8.34. The number of halogens is 1. The molecule has 0 N–H and O–H groups in total. The topological polar surface area (TPSA) is 33.4 Å². The molecule has 3 heterocycles. The van der Waals surface area contributed by atoms with Gasteiger partial charge in [0, 0.05) is 18.9 Å². The van der Waals surface area contributed by atoms with Crippen LogP contribution in [0.1, 0.15) is 25.0 Å². The number of piperidine rings is 1. The molecule has 1 saturated heterocycles. The summed E-state index contributed by atoms with van der Waals surface area (Å²) in [7, 11) is 0. The van der Waals surface area contributed by atoms with Crippen LogP contribution in [0.15, 0.2) is 23.1 Å². The zero-order chi connectivity index (χ0) is 11.7. The summed E-state index contributed by atoms with van der Waals surface area (Å²) in [6.45, 7) is 3.30. The Hall–Kier alpha value is -0.940. The third-order valence-electron chi connectivity index (χ3n) is 3.23. The van der Waals surface area contributed by atoms with Crippen LogP contribution in [0.2, 0.25) is 0 Å². The molecule has 1 aliphatic heterocycles. The predicted octanol–water partition coefficient (Wildman–Crippen LogP) is 2.48. The van der Waals surface area contributed by atoms with Crippen LogP contribution in [-0.4, -0.2) is 32.4 Å². The SMILES string of the molecule is Brc1c(CN2CCCCC2)nc2ncccn12. The van der Waals surface area contributed by atoms with Crippen molar-refractivity contribution in [3.05, 3.63) is 28.8 Å². The summed E-state index contributed by atoms with van der Waals surface area (Å²) in [5, 5.41) is 0. The first kappa shape index (κ1) is 11.2. The molecule has 2 aromatic rings. The van der Waals surface area contributed by atoms with E-state index in [2.05, 4.69) is 30.8 Å². The zero-order valence-electron chi connectivity index (χ0n) is 9.64. The Morgan fingerprint density at radius 3 is 2.82 bits per heavy atom. The van der Waals surface area contributed by atoms with E-state index in [0.29, 0.717) is 0 Å². The molecule has 0 aliphatic carbocycles. The minimum atomic E-state index is 0.770. The van der Waals surface area contributed by atoms with Crippen LogP contribution in [0, 0.1) is 0 Å². The second-order valence-corrected chi connectivity index (χ2v) is 5.23. The van der Waals surface area contributed by atoms with E-state index in [1.165, 1.54) is 32.4 Å². The first-order valence-corrected chi connectivity index (χ1v) is 6.84. The van der Waals surface area contributed by atoms with Gasteiger partial charge < -0.3 is 0 Å². The molecule has 3 rings (SSSR count). The highest BCUT2D eigenvalue weighted by atomic mass is 79.9. The van der Waals surface area contributed by atoms with E-state index in [1.54, 1.807) is 6.20 Å². The monoisotopic (exact) mass is 294 g/mol. The van der Waals surface area contributed by atoms with E-state index in [9.17, 15) is 0 Å². The lowest BCUT2D eigenvalue weighted by molar-refractivity contribution is 0.218. The summed E-state index contributed by atoms with van der Waals surface area (Å²) < 4.78 is 3.02. The lowest BCUT2D eigenvalue weighted by Gasteiger charge is -2.25. The van der Waals surface area contributed by atoms with Gasteiger partial charge in [-0.3, -0.25) is 9.30 Å². The Labute approximate surface area is 109 Å². The fourth-order valence-corrected chi connectivity index (χ4v) is 2.83. The van der Waals surface area contributed by atoms with Gasteiger partial charge in [0.05, 0.1) is 5.69 Å². The third kappa shape index (κ3) is 2.21. The normalized spacial score (nSPS) is 17.7. The second kappa shape index (κ2) is 4.74. The van der Waals surface area contributed by atoms with Crippen molar-refractivity contribution in [3.8, 4) is 0 Å². The van der Waals surface area contributed by atoms with Crippen molar-refractivity contribution in [1.29, 1.82) is 0 Å². The molecule has 90 valence electrons. The minimum absolute atomic E-state index is 0.770. The number of fused-ring (bicyclic) bond motifs is 1. The number of imidazole rings is 1. The summed E-state index contributed by atoms with van der Waals surface area (Å²) in [5.74, 6) is 0.770. The molecule has 1 fully saturated rings. The number of nitrogens with zero attached hydrogens (tertiary/aromatic N) is 4. The number of rotatable bonds is 2. The number of aromatic nitrogens is 3. The summed E-state index contributed by atoms with van der Waals surface area (Å²) >= 11 is 3.61. The van der Waals surface area contributed by atoms with Crippen LogP contribution in [0.4, 0.5) is 0 Å². The molecular weight excluding hydrogens is 280 g/mol. The standard InChI is InChI=1S/C12H15BrN4/c13-11-10(9-16-6-2-1-3-7-16)15-12-14-5-4-8-17(11)12/h4-5,8H,1-3,6-7,9H2. The Balaban J connectivity index is 1.87. The van der Waals surface area contributed by atoms with Gasteiger partial charge in [-0.15, -0.1) is 0 Å². The van der Waals surface area contributed by atoms with E-state index >= 15 is 0 Å². The van der Waals surface area contributed by atoms with Crippen LogP contribution in [-0.2, 0) is 6.54 Å². The van der Waals surface area contributed by atoms with Crippen molar-refractivity contribution in [3.63, 3.8) is 0 Å². The number of hydrogen-bond acceptors (Lipinski definition) is 3. The molecular formula is C12H15BrN4. The van der Waals surface area contributed by atoms with Crippen LogP contribution in [0.3, 0.4) is 0 Å². The molecule has 0 radical (unpaired) electrons. The fraction of sp³-hybridized carbons (Fsp3) is 0.500. The largest absolute Gasteiger partial charge is 0.297 e. The van der Waals surface area contributed by atoms with Gasteiger partial charge in [0.15, 0.2) is 0 Å². The molecule has 0 saturated carbocycles. The molecule has 0 atom stereocenters. The molecule has 2 aromatic heterocycles. The van der Waals surface area contributed by atoms with Crippen molar-refractivity contribution in [1.82, 2.24) is 19.3 Å². The van der Waals surface area contributed by atoms with Crippen LogP contribution < -0.4 is 0 Å². The maximum atomic E-state index is 4.57. The Morgan fingerprint density at radius 2 is 2.06 bits per heavy atom. The molecule has 17 heavy (non-hydrogen) atoms. The lowest BCUT2D eigenvalue weighted by atomic mass is 10.1. The molecule has 0 amide bonds. The quantitative estimate of drug-likeness (QED) is 0.853. The summed E-state index contributed by atoms with van der Waals surface area (Å²) in [4.78, 5) is 11.3. The maximum Gasteiger partial charge on any atom is 0.234 e. The van der Waals surface area contributed by atoms with Gasteiger partial charge in [-0.05, 0) is 47.9 Å². The van der Waals surface area contributed by atoms with Gasteiger partial charge in [-0.1, -0.05) is 6.42 Å². The molecule has 4 nitrogen and oxygen atoms in total. The van der Waals surface area contributed by atoms with Gasteiger partial charge in [0.1, 0.15) is 4.60 Å². The van der Waals surface area contributed by atoms with Gasteiger partial charge in [0.2, 0.25) is 5.78 Å². The fourth-order valence-electron chi connectivity index (χ4n) is 2.33. The average Bonchev–Trinajstić information content (AvgIpc) is 2.68. The van der Waals surface area contributed by atoms with Gasteiger partial charge in [-0.2, -0.15) is 0 Å². The molecule has 1 aliphatic rings. The van der Waals surface area contributed by atoms with E-state index < -0.39 is 0 Å². The van der Waals surface area contributed by atoms with E-state index in [-0.39, 0.29) is 0 Å². The van der Waals surface area contributed by atoms with Crippen molar-refractivity contribution < 1.29 is 0 Å². The highest BCUT2D eigenvalue weighted by Crippen LogP contribution is 2.20. The average molecular weight is 295 g/mol. The molecule has 0 unspecified atom stereocenters. The van der Waals surface area contributed by atoms with Crippen molar-refractivity contribution in [2.45, 2.75) is 25.8 Å². The van der Waals surface area contributed by atoms with Gasteiger partial charge >= 0.3 is 0 Å².